The summed E-state index contributed by atoms with van der Waals surface area (Å²) < 4.78 is 35.3. The predicted molar refractivity (Wildman–Crippen MR) is 165 cm³/mol. The normalized spacial score (nSPS) is 13.3. The van der Waals surface area contributed by atoms with Crippen LogP contribution in [0.5, 0.6) is 5.75 Å². The van der Waals surface area contributed by atoms with Gasteiger partial charge in [0.05, 0.1) is 34.4 Å². The number of fused-ring (bicyclic) bond motifs is 1. The van der Waals surface area contributed by atoms with E-state index < -0.39 is 10.0 Å². The third kappa shape index (κ3) is 5.61. The number of sulfonamides is 1. The number of anilines is 3. The number of nitrogens with one attached hydrogen (secondary N) is 2. The molecule has 2 aromatic heterocycles. The van der Waals surface area contributed by atoms with Crippen LogP contribution < -0.4 is 19.7 Å². The second-order valence-corrected chi connectivity index (χ2v) is 12.3. The summed E-state index contributed by atoms with van der Waals surface area (Å²) in [5.41, 5.74) is 3.28. The molecule has 1 aliphatic heterocycles. The van der Waals surface area contributed by atoms with Crippen LogP contribution in [0.1, 0.15) is 23.2 Å². The van der Waals surface area contributed by atoms with Crippen LogP contribution >= 0.6 is 11.3 Å². The Labute approximate surface area is 242 Å². The highest BCUT2D eigenvalue weighted by molar-refractivity contribution is 7.92. The molecule has 0 atom stereocenters. The molecule has 41 heavy (non-hydrogen) atoms. The minimum atomic E-state index is -3.99. The number of hydrogen-bond donors (Lipinski definition) is 2. The second-order valence-electron chi connectivity index (χ2n) is 9.71. The van der Waals surface area contributed by atoms with Crippen LogP contribution in [0.25, 0.3) is 21.5 Å². The number of rotatable bonds is 8. The van der Waals surface area contributed by atoms with E-state index in [9.17, 15) is 13.2 Å². The molecule has 3 aromatic carbocycles. The molecule has 5 aromatic rings. The number of carbonyl (C=O) groups is 1. The molecule has 0 radical (unpaired) electrons. The Hall–Kier alpha value is -4.41. The minimum absolute atomic E-state index is 0.104. The number of thiophene rings is 1. The monoisotopic (exact) mass is 584 g/mol. The molecule has 10 heteroatoms. The first-order valence-corrected chi connectivity index (χ1v) is 15.6. The average Bonchev–Trinajstić information content (AvgIpc) is 3.72. The number of ether oxygens (including phenoxy) is 1. The number of carbonyl (C=O) groups excluding carboxylic acids is 1. The lowest BCUT2D eigenvalue weighted by molar-refractivity contribution is 0.102. The number of nitrogens with zero attached hydrogens (tertiary/aromatic N) is 2. The van der Waals surface area contributed by atoms with Crippen molar-refractivity contribution >= 4 is 55.2 Å². The molecule has 0 aliphatic carbocycles. The van der Waals surface area contributed by atoms with Crippen LogP contribution in [0.2, 0.25) is 0 Å². The van der Waals surface area contributed by atoms with Crippen LogP contribution in [0.4, 0.5) is 17.1 Å². The van der Waals surface area contributed by atoms with Gasteiger partial charge in [0.1, 0.15) is 10.6 Å². The molecular weight excluding hydrogens is 556 g/mol. The summed E-state index contributed by atoms with van der Waals surface area (Å²) in [6.07, 6.45) is 1.98. The molecular formula is C31H28N4O4S2. The first kappa shape index (κ1) is 26.8. The number of aromatic nitrogens is 1. The summed E-state index contributed by atoms with van der Waals surface area (Å²) in [7, 11) is -2.43. The van der Waals surface area contributed by atoms with Crippen molar-refractivity contribution in [2.24, 2.45) is 0 Å². The molecule has 8 nitrogen and oxygen atoms in total. The Morgan fingerprint density at radius 1 is 0.927 bits per heavy atom. The van der Waals surface area contributed by atoms with Crippen molar-refractivity contribution in [1.82, 2.24) is 4.98 Å². The highest BCUT2D eigenvalue weighted by atomic mass is 32.2. The fraction of sp³-hybridized carbons (Fsp3) is 0.161. The maximum Gasteiger partial charge on any atom is 0.264 e. The van der Waals surface area contributed by atoms with Crippen LogP contribution in [-0.4, -0.2) is 39.5 Å². The van der Waals surface area contributed by atoms with Gasteiger partial charge < -0.3 is 15.0 Å². The molecule has 1 fully saturated rings. The topological polar surface area (TPSA) is 101 Å². The maximum absolute atomic E-state index is 13.7. The van der Waals surface area contributed by atoms with Crippen LogP contribution in [0.3, 0.4) is 0 Å². The van der Waals surface area contributed by atoms with Crippen molar-refractivity contribution in [3.05, 3.63) is 95.9 Å². The molecule has 0 saturated carbocycles. The van der Waals surface area contributed by atoms with E-state index in [-0.39, 0.29) is 10.8 Å². The Bertz CT molecular complexity index is 1820. The van der Waals surface area contributed by atoms with Crippen molar-refractivity contribution in [3.8, 4) is 16.3 Å². The molecule has 1 aliphatic rings. The van der Waals surface area contributed by atoms with Gasteiger partial charge in [-0.2, -0.15) is 0 Å². The van der Waals surface area contributed by atoms with Gasteiger partial charge in [-0.05, 0) is 78.9 Å². The van der Waals surface area contributed by atoms with Crippen molar-refractivity contribution in [1.29, 1.82) is 0 Å². The standard InChI is InChI=1S/C31H28N4O4S2/c1-39-23-13-10-21(11-14-23)34-41(37,38)30-19-22(12-15-28(30)35-16-4-5-17-35)32-31(36)25-20-27(29-9-6-18-40-29)33-26-8-3-2-7-24(25)26/h2-3,6-15,18-20,34H,4-5,16-17H2,1H3,(H,32,36). The van der Waals surface area contributed by atoms with E-state index in [0.717, 1.165) is 30.8 Å². The second kappa shape index (κ2) is 11.2. The van der Waals surface area contributed by atoms with Gasteiger partial charge in [-0.1, -0.05) is 24.3 Å². The van der Waals surface area contributed by atoms with Gasteiger partial charge in [0, 0.05) is 29.9 Å². The maximum atomic E-state index is 13.7. The van der Waals surface area contributed by atoms with E-state index in [1.54, 1.807) is 60.9 Å². The zero-order valence-electron chi connectivity index (χ0n) is 22.3. The fourth-order valence-electron chi connectivity index (χ4n) is 5.01. The number of methoxy groups -OCH3 is 1. The third-order valence-electron chi connectivity index (χ3n) is 7.03. The van der Waals surface area contributed by atoms with E-state index >= 15 is 0 Å². The largest absolute Gasteiger partial charge is 0.497 e. The Morgan fingerprint density at radius 3 is 2.41 bits per heavy atom. The zero-order chi connectivity index (χ0) is 28.4. The summed E-state index contributed by atoms with van der Waals surface area (Å²) in [6.45, 7) is 1.54. The lowest BCUT2D eigenvalue weighted by Gasteiger charge is -2.22. The summed E-state index contributed by atoms with van der Waals surface area (Å²) in [5, 5.41) is 5.63. The SMILES string of the molecule is COc1ccc(NS(=O)(=O)c2cc(NC(=O)c3cc(-c4cccs4)nc4ccccc34)ccc2N2CCCC2)cc1. The first-order chi connectivity index (χ1) is 19.9. The third-order valence-corrected chi connectivity index (χ3v) is 9.33. The van der Waals surface area contributed by atoms with Gasteiger partial charge in [-0.3, -0.25) is 9.52 Å². The Morgan fingerprint density at radius 2 is 1.68 bits per heavy atom. The molecule has 0 bridgehead atoms. The molecule has 6 rings (SSSR count). The predicted octanol–water partition coefficient (Wildman–Crippen LogP) is 6.63. The molecule has 0 unspecified atom stereocenters. The zero-order valence-corrected chi connectivity index (χ0v) is 24.0. The van der Waals surface area contributed by atoms with Crippen molar-refractivity contribution < 1.29 is 17.9 Å². The highest BCUT2D eigenvalue weighted by Gasteiger charge is 2.25. The molecule has 2 N–H and O–H groups in total. The minimum Gasteiger partial charge on any atom is -0.497 e. The van der Waals surface area contributed by atoms with Crippen molar-refractivity contribution in [2.45, 2.75) is 17.7 Å². The summed E-state index contributed by atoms with van der Waals surface area (Å²) in [5.74, 6) is 0.281. The molecule has 3 heterocycles. The van der Waals surface area contributed by atoms with Gasteiger partial charge >= 0.3 is 0 Å². The molecule has 208 valence electrons. The molecule has 1 amide bonds. The number of hydrogen-bond acceptors (Lipinski definition) is 7. The van der Waals surface area contributed by atoms with Crippen molar-refractivity contribution in [2.75, 3.05) is 35.1 Å². The summed E-state index contributed by atoms with van der Waals surface area (Å²) in [6, 6.07) is 24.9. The first-order valence-electron chi connectivity index (χ1n) is 13.2. The lowest BCUT2D eigenvalue weighted by Crippen LogP contribution is -2.23. The number of benzene rings is 3. The molecule has 1 saturated heterocycles. The van der Waals surface area contributed by atoms with E-state index in [2.05, 4.69) is 14.9 Å². The Kier molecular flexibility index (Phi) is 7.34. The lowest BCUT2D eigenvalue weighted by atomic mass is 10.1. The quantitative estimate of drug-likeness (QED) is 0.213. The fourth-order valence-corrected chi connectivity index (χ4v) is 7.00. The summed E-state index contributed by atoms with van der Waals surface area (Å²) >= 11 is 1.55. The van der Waals surface area contributed by atoms with Gasteiger partial charge in [-0.25, -0.2) is 13.4 Å². The van der Waals surface area contributed by atoms with E-state index in [1.807, 2.05) is 41.8 Å². The van der Waals surface area contributed by atoms with E-state index in [4.69, 9.17) is 9.72 Å². The highest BCUT2D eigenvalue weighted by Crippen LogP contribution is 2.33. The van der Waals surface area contributed by atoms with Gasteiger partial charge in [-0.15, -0.1) is 11.3 Å². The average molecular weight is 585 g/mol. The smallest absolute Gasteiger partial charge is 0.264 e. The van der Waals surface area contributed by atoms with Crippen LogP contribution in [0.15, 0.2) is 95.2 Å². The van der Waals surface area contributed by atoms with Crippen molar-refractivity contribution in [3.63, 3.8) is 0 Å². The Balaban J connectivity index is 1.36. The summed E-state index contributed by atoms with van der Waals surface area (Å²) in [4.78, 5) is 21.6. The van der Waals surface area contributed by atoms with E-state index in [0.29, 0.717) is 45.0 Å². The van der Waals surface area contributed by atoms with Gasteiger partial charge in [0.25, 0.3) is 15.9 Å². The van der Waals surface area contributed by atoms with Crippen LogP contribution in [0, 0.1) is 0 Å². The van der Waals surface area contributed by atoms with Gasteiger partial charge in [0.15, 0.2) is 0 Å². The van der Waals surface area contributed by atoms with E-state index in [1.165, 1.54) is 6.07 Å². The number of pyridine rings is 1. The number of para-hydroxylation sites is 1. The number of amides is 1. The molecule has 0 spiro atoms. The van der Waals surface area contributed by atoms with Crippen LogP contribution in [-0.2, 0) is 10.0 Å². The van der Waals surface area contributed by atoms with Gasteiger partial charge in [0.2, 0.25) is 0 Å².